The Balaban J connectivity index is 0.000000705. The number of nitrogens with zero attached hydrogens (tertiary/aromatic N) is 4. The number of anilines is 4. The van der Waals surface area contributed by atoms with Gasteiger partial charge in [0.15, 0.2) is 5.13 Å². The lowest BCUT2D eigenvalue weighted by atomic mass is 10.1. The molecular formula is C36H33F6N7O3S. The van der Waals surface area contributed by atoms with E-state index < -0.39 is 35.3 Å². The molecule has 278 valence electrons. The molecule has 5 aromatic rings. The van der Waals surface area contributed by atoms with E-state index in [-0.39, 0.29) is 5.82 Å². The van der Waals surface area contributed by atoms with Crippen LogP contribution in [0.4, 0.5) is 48.8 Å². The number of nitrogens with one attached hydrogen (secondary N) is 3. The number of carboxylic acids is 1. The third kappa shape index (κ3) is 10.3. The number of carboxylic acid groups (broad SMARTS) is 1. The fourth-order valence-corrected chi connectivity index (χ4v) is 6.38. The summed E-state index contributed by atoms with van der Waals surface area (Å²) in [7, 11) is 0. The normalized spacial score (nSPS) is 12.9. The predicted octanol–water partition coefficient (Wildman–Crippen LogP) is 8.38. The van der Waals surface area contributed by atoms with Gasteiger partial charge in [-0.1, -0.05) is 35.6 Å². The number of aliphatic carboxylic acids is 1. The Morgan fingerprint density at radius 2 is 1.60 bits per heavy atom. The standard InChI is InChI=1S/C34H32F3N7OS.C2HF3O2/c1-2-38-34-43-30(22-7-5-8-23(19-22)40-32(45)29-25(35)9-6-10-26(29)36)31(46-34)28-13-15-39-33(42-28)41-24-12-11-21(27(37)20-24)14-18-44-16-3-4-17-44;3-2(4,5)1(6)7/h5-13,15,19-20H,2-4,14,16-18H2,1H3,(H,38,43)(H,40,45)(H,39,41,42);(H,6,7). The maximum atomic E-state index is 15.0. The van der Waals surface area contributed by atoms with E-state index >= 15 is 0 Å². The van der Waals surface area contributed by atoms with Crippen LogP contribution in [-0.4, -0.2) is 69.2 Å². The highest BCUT2D eigenvalue weighted by Gasteiger charge is 2.38. The summed E-state index contributed by atoms with van der Waals surface area (Å²) in [6, 6.07) is 17.0. The van der Waals surface area contributed by atoms with E-state index in [2.05, 4.69) is 25.8 Å². The SMILES string of the molecule is CCNc1nc(-c2cccc(NC(=O)c3c(F)cccc3F)c2)c(-c2ccnc(Nc3ccc(CCN4CCCC4)c(F)c3)n2)s1.O=C(O)C(F)(F)F. The summed E-state index contributed by atoms with van der Waals surface area (Å²) in [6.45, 7) is 5.60. The van der Waals surface area contributed by atoms with Gasteiger partial charge in [0.25, 0.3) is 5.91 Å². The minimum atomic E-state index is -5.08. The molecular weight excluding hydrogens is 724 g/mol. The second kappa shape index (κ2) is 17.3. The Morgan fingerprint density at radius 3 is 2.26 bits per heavy atom. The summed E-state index contributed by atoms with van der Waals surface area (Å²) in [5.74, 6) is -5.54. The van der Waals surface area contributed by atoms with Crippen molar-refractivity contribution in [2.45, 2.75) is 32.4 Å². The monoisotopic (exact) mass is 757 g/mol. The number of thiazole rings is 1. The second-order valence-corrected chi connectivity index (χ2v) is 12.7. The van der Waals surface area contributed by atoms with Crippen LogP contribution in [0.2, 0.25) is 0 Å². The molecule has 53 heavy (non-hydrogen) atoms. The molecule has 1 aliphatic heterocycles. The van der Waals surface area contributed by atoms with Gasteiger partial charge in [-0.3, -0.25) is 4.79 Å². The van der Waals surface area contributed by atoms with E-state index in [1.165, 1.54) is 36.3 Å². The summed E-state index contributed by atoms with van der Waals surface area (Å²) in [5.41, 5.74) is 2.72. The number of benzene rings is 3. The zero-order valence-corrected chi connectivity index (χ0v) is 28.9. The lowest BCUT2D eigenvalue weighted by Gasteiger charge is -2.15. The average molecular weight is 758 g/mol. The van der Waals surface area contributed by atoms with Crippen LogP contribution in [0.3, 0.4) is 0 Å². The minimum absolute atomic E-state index is 0.273. The van der Waals surface area contributed by atoms with Gasteiger partial charge in [0, 0.05) is 36.2 Å². The molecule has 1 amide bonds. The lowest BCUT2D eigenvalue weighted by Crippen LogP contribution is -2.22. The van der Waals surface area contributed by atoms with Crippen LogP contribution in [0.1, 0.15) is 35.7 Å². The van der Waals surface area contributed by atoms with E-state index in [4.69, 9.17) is 19.9 Å². The quantitative estimate of drug-likeness (QED) is 0.0982. The first kappa shape index (κ1) is 38.7. The van der Waals surface area contributed by atoms with Crippen molar-refractivity contribution in [3.8, 4) is 21.8 Å². The van der Waals surface area contributed by atoms with E-state index in [1.54, 1.807) is 36.5 Å². The predicted molar refractivity (Wildman–Crippen MR) is 190 cm³/mol. The van der Waals surface area contributed by atoms with E-state index in [0.29, 0.717) is 57.9 Å². The fourth-order valence-electron chi connectivity index (χ4n) is 5.36. The summed E-state index contributed by atoms with van der Waals surface area (Å²) < 4.78 is 75.1. The van der Waals surface area contributed by atoms with Gasteiger partial charge in [0.1, 0.15) is 23.0 Å². The number of likely N-dealkylation sites (tertiary alicyclic amines) is 1. The summed E-state index contributed by atoms with van der Waals surface area (Å²) in [4.78, 5) is 38.5. The van der Waals surface area contributed by atoms with Gasteiger partial charge < -0.3 is 26.0 Å². The van der Waals surface area contributed by atoms with Crippen molar-refractivity contribution >= 4 is 45.7 Å². The number of rotatable bonds is 11. The van der Waals surface area contributed by atoms with E-state index in [1.807, 2.05) is 19.1 Å². The van der Waals surface area contributed by atoms with Crippen molar-refractivity contribution in [3.63, 3.8) is 0 Å². The number of carbonyl (C=O) groups is 2. The number of hydrogen-bond donors (Lipinski definition) is 4. The highest BCUT2D eigenvalue weighted by atomic mass is 32.1. The number of carbonyl (C=O) groups excluding carboxylic acids is 1. The molecule has 1 saturated heterocycles. The first-order chi connectivity index (χ1) is 25.3. The van der Waals surface area contributed by atoms with Gasteiger partial charge in [-0.2, -0.15) is 13.2 Å². The largest absolute Gasteiger partial charge is 0.490 e. The third-order valence-electron chi connectivity index (χ3n) is 7.87. The molecule has 3 aromatic carbocycles. The maximum Gasteiger partial charge on any atom is 0.490 e. The molecule has 2 aromatic heterocycles. The topological polar surface area (TPSA) is 132 Å². The average Bonchev–Trinajstić information content (AvgIpc) is 3.79. The fraction of sp³-hybridized carbons (Fsp3) is 0.250. The number of aromatic nitrogens is 3. The molecule has 1 fully saturated rings. The Bertz CT molecular complexity index is 2050. The summed E-state index contributed by atoms with van der Waals surface area (Å²) in [5, 5.41) is 16.7. The van der Waals surface area contributed by atoms with Crippen molar-refractivity contribution in [1.82, 2.24) is 19.9 Å². The Labute approximate surface area is 303 Å². The Kier molecular flexibility index (Phi) is 12.6. The zero-order chi connectivity index (χ0) is 38.1. The van der Waals surface area contributed by atoms with E-state index in [9.17, 15) is 31.1 Å². The van der Waals surface area contributed by atoms with Crippen LogP contribution in [0.15, 0.2) is 72.9 Å². The van der Waals surface area contributed by atoms with Gasteiger partial charge >= 0.3 is 12.1 Å². The third-order valence-corrected chi connectivity index (χ3v) is 8.91. The van der Waals surface area contributed by atoms with Gasteiger partial charge in [-0.25, -0.2) is 32.9 Å². The van der Waals surface area contributed by atoms with Crippen molar-refractivity contribution in [2.75, 3.05) is 42.1 Å². The van der Waals surface area contributed by atoms with Crippen LogP contribution >= 0.6 is 11.3 Å². The molecule has 0 spiro atoms. The molecule has 6 rings (SSSR count). The van der Waals surface area contributed by atoms with Crippen LogP contribution < -0.4 is 16.0 Å². The Morgan fingerprint density at radius 1 is 0.906 bits per heavy atom. The number of hydrogen-bond acceptors (Lipinski definition) is 9. The molecule has 0 saturated carbocycles. The number of amides is 1. The molecule has 17 heteroatoms. The van der Waals surface area contributed by atoms with Crippen LogP contribution in [0, 0.1) is 17.5 Å². The molecule has 4 N–H and O–H groups in total. The van der Waals surface area contributed by atoms with Gasteiger partial charge in [-0.15, -0.1) is 0 Å². The number of halogens is 6. The highest BCUT2D eigenvalue weighted by Crippen LogP contribution is 2.39. The van der Waals surface area contributed by atoms with Crippen molar-refractivity contribution in [3.05, 3.63) is 102 Å². The van der Waals surface area contributed by atoms with Gasteiger partial charge in [-0.05, 0) is 87.3 Å². The molecule has 0 bridgehead atoms. The first-order valence-electron chi connectivity index (χ1n) is 16.3. The van der Waals surface area contributed by atoms with E-state index in [0.717, 1.165) is 36.6 Å². The summed E-state index contributed by atoms with van der Waals surface area (Å²) >= 11 is 1.40. The lowest BCUT2D eigenvalue weighted by molar-refractivity contribution is -0.192. The van der Waals surface area contributed by atoms with Crippen LogP contribution in [0.5, 0.6) is 0 Å². The maximum absolute atomic E-state index is 15.0. The molecule has 1 aliphatic rings. The molecule has 10 nitrogen and oxygen atoms in total. The molecule has 0 atom stereocenters. The Hall–Kier alpha value is -5.55. The first-order valence-corrected chi connectivity index (χ1v) is 17.2. The molecule has 0 radical (unpaired) electrons. The van der Waals surface area contributed by atoms with Crippen molar-refractivity contribution in [1.29, 1.82) is 0 Å². The second-order valence-electron chi connectivity index (χ2n) is 11.7. The molecule has 0 aliphatic carbocycles. The van der Waals surface area contributed by atoms with Gasteiger partial charge in [0.05, 0.1) is 16.3 Å². The van der Waals surface area contributed by atoms with Crippen molar-refractivity contribution in [2.24, 2.45) is 0 Å². The minimum Gasteiger partial charge on any atom is -0.475 e. The van der Waals surface area contributed by atoms with Crippen molar-refractivity contribution < 1.29 is 41.0 Å². The smallest absolute Gasteiger partial charge is 0.475 e. The molecule has 0 unspecified atom stereocenters. The van der Waals surface area contributed by atoms with Crippen LogP contribution in [-0.2, 0) is 11.2 Å². The zero-order valence-electron chi connectivity index (χ0n) is 28.1. The molecule has 3 heterocycles. The van der Waals surface area contributed by atoms with Crippen LogP contribution in [0.25, 0.3) is 21.8 Å². The summed E-state index contributed by atoms with van der Waals surface area (Å²) in [6.07, 6.45) is -0.408. The number of alkyl halides is 3. The highest BCUT2D eigenvalue weighted by molar-refractivity contribution is 7.19. The van der Waals surface area contributed by atoms with Gasteiger partial charge in [0.2, 0.25) is 5.95 Å².